The molecule has 0 saturated heterocycles. The molecule has 3 aromatic rings. The zero-order valence-corrected chi connectivity index (χ0v) is 19.1. The Balaban J connectivity index is 1.64. The van der Waals surface area contributed by atoms with E-state index >= 15 is 0 Å². The van der Waals surface area contributed by atoms with Gasteiger partial charge in [-0.25, -0.2) is 22.8 Å². The summed E-state index contributed by atoms with van der Waals surface area (Å²) >= 11 is 0. The Kier molecular flexibility index (Phi) is 5.89. The molecule has 4 rings (SSSR count). The molecule has 1 aliphatic rings. The lowest BCUT2D eigenvalue weighted by molar-refractivity contribution is 0.0224. The minimum absolute atomic E-state index is 0.0612. The topological polar surface area (TPSA) is 99.0 Å². The van der Waals surface area contributed by atoms with Gasteiger partial charge < -0.3 is 4.74 Å². The fourth-order valence-corrected chi connectivity index (χ4v) is 5.51. The molecule has 0 unspecified atom stereocenters. The van der Waals surface area contributed by atoms with Crippen LogP contribution in [0.15, 0.2) is 47.9 Å². The second kappa shape index (κ2) is 8.50. The van der Waals surface area contributed by atoms with Crippen LogP contribution in [0.4, 0.5) is 10.2 Å². The number of anilines is 1. The van der Waals surface area contributed by atoms with Crippen molar-refractivity contribution in [2.24, 2.45) is 7.05 Å². The molecule has 0 spiro atoms. The fourth-order valence-electron chi connectivity index (χ4n) is 4.36. The average molecular weight is 460 g/mol. The first-order valence-corrected chi connectivity index (χ1v) is 11.9. The molecule has 170 valence electrons. The molecule has 0 bridgehead atoms. The van der Waals surface area contributed by atoms with Crippen LogP contribution in [0.5, 0.6) is 5.75 Å². The predicted molar refractivity (Wildman–Crippen MR) is 117 cm³/mol. The van der Waals surface area contributed by atoms with Crippen LogP contribution in [-0.4, -0.2) is 33.8 Å². The van der Waals surface area contributed by atoms with E-state index in [1.807, 2.05) is 24.7 Å². The van der Waals surface area contributed by atoms with Gasteiger partial charge in [-0.1, -0.05) is 6.42 Å². The van der Waals surface area contributed by atoms with Crippen molar-refractivity contribution in [1.82, 2.24) is 19.7 Å². The average Bonchev–Trinajstić information content (AvgIpc) is 3.16. The fraction of sp³-hybridized carbons (Fsp3) is 0.409. The molecule has 2 atom stereocenters. The highest BCUT2D eigenvalue weighted by molar-refractivity contribution is 7.92. The second-order valence-corrected chi connectivity index (χ2v) is 9.99. The Morgan fingerprint density at radius 2 is 2.06 bits per heavy atom. The van der Waals surface area contributed by atoms with E-state index in [4.69, 9.17) is 4.74 Å². The Labute approximate surface area is 186 Å². The van der Waals surface area contributed by atoms with Gasteiger partial charge in [-0.3, -0.25) is 9.40 Å². The smallest absolute Gasteiger partial charge is 0.265 e. The maximum atomic E-state index is 15.0. The maximum Gasteiger partial charge on any atom is 0.265 e. The number of ether oxygens (including phenoxy) is 1. The largest absolute Gasteiger partial charge is 0.486 e. The zero-order valence-electron chi connectivity index (χ0n) is 18.2. The Morgan fingerprint density at radius 1 is 1.25 bits per heavy atom. The van der Waals surface area contributed by atoms with Crippen LogP contribution in [0.25, 0.3) is 0 Å². The van der Waals surface area contributed by atoms with Crippen molar-refractivity contribution in [2.75, 3.05) is 4.72 Å². The zero-order chi connectivity index (χ0) is 22.9. The van der Waals surface area contributed by atoms with E-state index in [-0.39, 0.29) is 11.7 Å². The second-order valence-electron chi connectivity index (χ2n) is 8.34. The molecular formula is C22H26FN5O3S. The molecule has 0 aliphatic heterocycles. The summed E-state index contributed by atoms with van der Waals surface area (Å²) < 4.78 is 51.0. The highest BCUT2D eigenvalue weighted by Gasteiger charge is 2.41. The lowest BCUT2D eigenvalue weighted by Crippen LogP contribution is -2.42. The monoisotopic (exact) mass is 459 g/mol. The summed E-state index contributed by atoms with van der Waals surface area (Å²) in [5, 5.41) is 4.29. The molecule has 2 aromatic heterocycles. The van der Waals surface area contributed by atoms with Crippen molar-refractivity contribution < 1.29 is 17.5 Å². The summed E-state index contributed by atoms with van der Waals surface area (Å²) in [6.07, 6.45) is 8.19. The third-order valence-corrected chi connectivity index (χ3v) is 7.42. The number of benzene rings is 1. The molecule has 0 radical (unpaired) electrons. The van der Waals surface area contributed by atoms with Crippen LogP contribution in [0.1, 0.15) is 49.8 Å². The molecule has 8 nitrogen and oxygen atoms in total. The molecule has 2 heterocycles. The first-order chi connectivity index (χ1) is 15.2. The molecule has 10 heteroatoms. The number of nitrogens with zero attached hydrogens (tertiary/aromatic N) is 4. The van der Waals surface area contributed by atoms with Crippen LogP contribution in [0.2, 0.25) is 0 Å². The van der Waals surface area contributed by atoms with Crippen molar-refractivity contribution in [3.8, 4) is 5.75 Å². The molecule has 1 aliphatic carbocycles. The summed E-state index contributed by atoms with van der Waals surface area (Å²) in [6.45, 7) is 3.74. The maximum absolute atomic E-state index is 15.0. The van der Waals surface area contributed by atoms with Gasteiger partial charge in [-0.05, 0) is 56.9 Å². The number of sulfonamides is 1. The van der Waals surface area contributed by atoms with E-state index in [0.29, 0.717) is 11.3 Å². The van der Waals surface area contributed by atoms with Crippen LogP contribution in [-0.2, 0) is 17.1 Å². The van der Waals surface area contributed by atoms with E-state index in [1.54, 1.807) is 13.1 Å². The third kappa shape index (κ3) is 4.32. The van der Waals surface area contributed by atoms with Crippen molar-refractivity contribution in [2.45, 2.75) is 55.9 Å². The quantitative estimate of drug-likeness (QED) is 0.599. The van der Waals surface area contributed by atoms with Crippen molar-refractivity contribution in [3.63, 3.8) is 0 Å². The number of halogens is 1. The van der Waals surface area contributed by atoms with Crippen molar-refractivity contribution >= 4 is 15.8 Å². The SMILES string of the molecule is Cc1cc(S(=O)(=O)Nc2ccncn2)c(F)cc1O[C@]1(C)CCCC[C@@H]1c1ccnn1C. The number of hydrogen-bond acceptors (Lipinski definition) is 6. The van der Waals surface area contributed by atoms with Crippen LogP contribution in [0.3, 0.4) is 0 Å². The van der Waals surface area contributed by atoms with Crippen LogP contribution >= 0.6 is 0 Å². The van der Waals surface area contributed by atoms with Crippen molar-refractivity contribution in [1.29, 1.82) is 0 Å². The lowest BCUT2D eigenvalue weighted by atomic mass is 9.74. The summed E-state index contributed by atoms with van der Waals surface area (Å²) in [7, 11) is -2.26. The third-order valence-electron chi connectivity index (χ3n) is 6.05. The van der Waals surface area contributed by atoms with Gasteiger partial charge in [0.2, 0.25) is 0 Å². The lowest BCUT2D eigenvalue weighted by Gasteiger charge is -2.42. The molecule has 0 amide bonds. The van der Waals surface area contributed by atoms with E-state index in [9.17, 15) is 12.8 Å². The summed E-state index contributed by atoms with van der Waals surface area (Å²) in [4.78, 5) is 7.11. The van der Waals surface area contributed by atoms with E-state index in [2.05, 4.69) is 19.8 Å². The molecule has 1 aromatic carbocycles. The highest BCUT2D eigenvalue weighted by atomic mass is 32.2. The van der Waals surface area contributed by atoms with Gasteiger partial charge in [0.15, 0.2) is 0 Å². The van der Waals surface area contributed by atoms with Crippen LogP contribution < -0.4 is 9.46 Å². The number of rotatable bonds is 6. The molecule has 32 heavy (non-hydrogen) atoms. The summed E-state index contributed by atoms with van der Waals surface area (Å²) in [6, 6.07) is 5.82. The standard InChI is InChI=1S/C22H26FN5O3S/c1-15-12-20(32(29,30)27-21-8-10-24-14-25-21)17(23)13-19(15)31-22(2)9-5-4-6-16(22)18-7-11-26-28(18)3/h7-8,10-14,16H,4-6,9H2,1-3H3,(H,24,25,27)/t16-,22-/m1/s1. The van der Waals surface area contributed by atoms with Gasteiger partial charge in [0.1, 0.15) is 34.2 Å². The first kappa shape index (κ1) is 22.2. The van der Waals surface area contributed by atoms with E-state index in [1.165, 1.54) is 24.7 Å². The van der Waals surface area contributed by atoms with Crippen LogP contribution in [0, 0.1) is 12.7 Å². The highest BCUT2D eigenvalue weighted by Crippen LogP contribution is 2.44. The van der Waals surface area contributed by atoms with Gasteiger partial charge in [0.25, 0.3) is 10.0 Å². The van der Waals surface area contributed by atoms with E-state index < -0.39 is 26.3 Å². The minimum Gasteiger partial charge on any atom is -0.486 e. The van der Waals surface area contributed by atoms with Gasteiger partial charge in [-0.15, -0.1) is 0 Å². The molecule has 1 fully saturated rings. The Morgan fingerprint density at radius 3 is 2.75 bits per heavy atom. The molecule has 1 saturated carbocycles. The summed E-state index contributed by atoms with van der Waals surface area (Å²) in [5.74, 6) is -0.399. The minimum atomic E-state index is -4.17. The van der Waals surface area contributed by atoms with E-state index in [0.717, 1.165) is 37.4 Å². The number of aryl methyl sites for hydroxylation is 2. The number of hydrogen-bond donors (Lipinski definition) is 1. The van der Waals surface area contributed by atoms with Gasteiger partial charge >= 0.3 is 0 Å². The van der Waals surface area contributed by atoms with Gasteiger partial charge in [0.05, 0.1) is 0 Å². The predicted octanol–water partition coefficient (Wildman–Crippen LogP) is 3.95. The molecular weight excluding hydrogens is 433 g/mol. The molecule has 1 N–H and O–H groups in total. The van der Waals surface area contributed by atoms with Crippen molar-refractivity contribution in [3.05, 3.63) is 60.1 Å². The van der Waals surface area contributed by atoms with Gasteiger partial charge in [0, 0.05) is 37.1 Å². The normalized spacial score (nSPS) is 21.3. The Bertz CT molecular complexity index is 1220. The number of aromatic nitrogens is 4. The Hall–Kier alpha value is -3.01. The number of nitrogens with one attached hydrogen (secondary N) is 1. The summed E-state index contributed by atoms with van der Waals surface area (Å²) in [5.41, 5.74) is 1.03. The van der Waals surface area contributed by atoms with Gasteiger partial charge in [-0.2, -0.15) is 5.10 Å². The first-order valence-electron chi connectivity index (χ1n) is 10.5.